The average Bonchev–Trinajstić information content (AvgIpc) is 2.78. The number of rotatable bonds is 6. The zero-order chi connectivity index (χ0) is 21.8. The molecule has 2 N–H and O–H groups in total. The standard InChI is InChI=1S/C23H17ClN4O3/c1-31-16-8-9-25-21(12-16)17-5-4-15(11-19(17)24)28-23-18-10-14(3-7-22(29)30)2-6-20(18)26-13-27-23/h2-13H,1H3,(H,29,30)(H,26,27,28). The lowest BCUT2D eigenvalue weighted by atomic mass is 10.1. The van der Waals surface area contributed by atoms with Gasteiger partial charge in [0.25, 0.3) is 0 Å². The fourth-order valence-corrected chi connectivity index (χ4v) is 3.35. The maximum absolute atomic E-state index is 10.8. The van der Waals surface area contributed by atoms with E-state index >= 15 is 0 Å². The zero-order valence-electron chi connectivity index (χ0n) is 16.4. The fraction of sp³-hybridized carbons (Fsp3) is 0.0435. The molecule has 0 fully saturated rings. The van der Waals surface area contributed by atoms with Crippen molar-refractivity contribution in [1.29, 1.82) is 0 Å². The minimum absolute atomic E-state index is 0.522. The van der Waals surface area contributed by atoms with E-state index in [0.29, 0.717) is 22.3 Å². The third kappa shape index (κ3) is 4.62. The summed E-state index contributed by atoms with van der Waals surface area (Å²) in [7, 11) is 1.60. The van der Waals surface area contributed by atoms with Crippen molar-refractivity contribution in [2.45, 2.75) is 0 Å². The van der Waals surface area contributed by atoms with Crippen LogP contribution in [0.1, 0.15) is 5.56 Å². The van der Waals surface area contributed by atoms with Crippen LogP contribution in [-0.4, -0.2) is 33.1 Å². The third-order valence-electron chi connectivity index (χ3n) is 4.55. The predicted octanol–water partition coefficient (Wildman–Crippen LogP) is 5.20. The van der Waals surface area contributed by atoms with Crippen LogP contribution in [0.5, 0.6) is 5.75 Å². The second-order valence-electron chi connectivity index (χ2n) is 6.57. The molecule has 0 aliphatic heterocycles. The highest BCUT2D eigenvalue weighted by atomic mass is 35.5. The van der Waals surface area contributed by atoms with Gasteiger partial charge in [0, 0.05) is 35.0 Å². The Morgan fingerprint density at radius 2 is 1.97 bits per heavy atom. The summed E-state index contributed by atoms with van der Waals surface area (Å²) in [6.07, 6.45) is 5.74. The van der Waals surface area contributed by atoms with Gasteiger partial charge in [-0.05, 0) is 48.0 Å². The summed E-state index contributed by atoms with van der Waals surface area (Å²) < 4.78 is 5.25. The number of anilines is 2. The molecule has 7 nitrogen and oxygen atoms in total. The van der Waals surface area contributed by atoms with Crippen molar-refractivity contribution in [2.24, 2.45) is 0 Å². The highest BCUT2D eigenvalue weighted by Gasteiger charge is 2.10. The summed E-state index contributed by atoms with van der Waals surface area (Å²) in [5, 5.41) is 13.4. The van der Waals surface area contributed by atoms with E-state index in [1.807, 2.05) is 30.3 Å². The van der Waals surface area contributed by atoms with E-state index in [0.717, 1.165) is 33.8 Å². The molecule has 8 heteroatoms. The highest BCUT2D eigenvalue weighted by Crippen LogP contribution is 2.32. The van der Waals surface area contributed by atoms with Gasteiger partial charge >= 0.3 is 5.97 Å². The number of ether oxygens (including phenoxy) is 1. The SMILES string of the molecule is COc1ccnc(-c2ccc(Nc3ncnc4ccc(C=CC(=O)O)cc34)cc2Cl)c1. The molecule has 4 rings (SSSR count). The molecule has 2 aromatic carbocycles. The van der Waals surface area contributed by atoms with Crippen molar-refractivity contribution in [2.75, 3.05) is 12.4 Å². The number of halogens is 1. The summed E-state index contributed by atoms with van der Waals surface area (Å²) in [4.78, 5) is 23.8. The number of aliphatic carboxylic acids is 1. The Kier molecular flexibility index (Phi) is 5.77. The molecule has 31 heavy (non-hydrogen) atoms. The van der Waals surface area contributed by atoms with Gasteiger partial charge in [-0.1, -0.05) is 17.7 Å². The van der Waals surface area contributed by atoms with Crippen LogP contribution in [0.15, 0.2) is 67.1 Å². The van der Waals surface area contributed by atoms with Crippen LogP contribution in [0.4, 0.5) is 11.5 Å². The molecular weight excluding hydrogens is 416 g/mol. The first-order valence-corrected chi connectivity index (χ1v) is 9.64. The number of nitrogens with zero attached hydrogens (tertiary/aromatic N) is 3. The minimum atomic E-state index is -1.01. The number of hydrogen-bond acceptors (Lipinski definition) is 6. The summed E-state index contributed by atoms with van der Waals surface area (Å²) >= 11 is 6.52. The number of hydrogen-bond donors (Lipinski definition) is 2. The average molecular weight is 433 g/mol. The van der Waals surface area contributed by atoms with E-state index in [2.05, 4.69) is 20.3 Å². The molecule has 154 valence electrons. The number of carboxylic acid groups (broad SMARTS) is 1. The van der Waals surface area contributed by atoms with E-state index in [9.17, 15) is 4.79 Å². The molecule has 0 aliphatic rings. The second kappa shape index (κ2) is 8.81. The molecule has 4 aromatic rings. The van der Waals surface area contributed by atoms with Crippen LogP contribution in [-0.2, 0) is 4.79 Å². The van der Waals surface area contributed by atoms with Crippen molar-refractivity contribution in [1.82, 2.24) is 15.0 Å². The summed E-state index contributed by atoms with van der Waals surface area (Å²) in [6, 6.07) is 14.6. The Morgan fingerprint density at radius 3 is 2.74 bits per heavy atom. The van der Waals surface area contributed by atoms with Gasteiger partial charge in [0.2, 0.25) is 0 Å². The van der Waals surface area contributed by atoms with Crippen molar-refractivity contribution in [3.05, 3.63) is 77.7 Å². The van der Waals surface area contributed by atoms with Crippen LogP contribution in [0, 0.1) is 0 Å². The normalized spacial score (nSPS) is 11.0. The van der Waals surface area contributed by atoms with E-state index in [1.165, 1.54) is 12.4 Å². The Labute approximate surface area is 183 Å². The molecule has 0 bridgehead atoms. The first-order valence-electron chi connectivity index (χ1n) is 9.26. The molecule has 0 aliphatic carbocycles. The minimum Gasteiger partial charge on any atom is -0.497 e. The smallest absolute Gasteiger partial charge is 0.328 e. The summed E-state index contributed by atoms with van der Waals surface area (Å²) in [5.74, 6) is 0.269. The monoisotopic (exact) mass is 432 g/mol. The van der Waals surface area contributed by atoms with Gasteiger partial charge in [-0.2, -0.15) is 0 Å². The quantitative estimate of drug-likeness (QED) is 0.404. The maximum Gasteiger partial charge on any atom is 0.328 e. The summed E-state index contributed by atoms with van der Waals surface area (Å²) in [5.41, 5.74) is 3.68. The lowest BCUT2D eigenvalue weighted by Crippen LogP contribution is -1.97. The Bertz CT molecular complexity index is 1310. The number of aromatic nitrogens is 3. The van der Waals surface area contributed by atoms with Gasteiger partial charge < -0.3 is 15.2 Å². The third-order valence-corrected chi connectivity index (χ3v) is 4.87. The Morgan fingerprint density at radius 1 is 1.10 bits per heavy atom. The lowest BCUT2D eigenvalue weighted by Gasteiger charge is -2.11. The molecule has 0 amide bonds. The van der Waals surface area contributed by atoms with Crippen molar-refractivity contribution in [3.63, 3.8) is 0 Å². The number of carboxylic acids is 1. The number of carbonyl (C=O) groups is 1. The van der Waals surface area contributed by atoms with Gasteiger partial charge in [-0.15, -0.1) is 0 Å². The number of benzene rings is 2. The Hall–Kier alpha value is -3.97. The lowest BCUT2D eigenvalue weighted by molar-refractivity contribution is -0.131. The molecule has 2 aromatic heterocycles. The van der Waals surface area contributed by atoms with Crippen LogP contribution < -0.4 is 10.1 Å². The largest absolute Gasteiger partial charge is 0.497 e. The van der Waals surface area contributed by atoms with Crippen LogP contribution >= 0.6 is 11.6 Å². The summed E-state index contributed by atoms with van der Waals surface area (Å²) in [6.45, 7) is 0. The number of nitrogens with one attached hydrogen (secondary N) is 1. The van der Waals surface area contributed by atoms with Gasteiger partial charge in [0.1, 0.15) is 17.9 Å². The number of methoxy groups -OCH3 is 1. The molecular formula is C23H17ClN4O3. The van der Waals surface area contributed by atoms with Gasteiger partial charge in [0.15, 0.2) is 0 Å². The first kappa shape index (κ1) is 20.3. The van der Waals surface area contributed by atoms with Crippen LogP contribution in [0.3, 0.4) is 0 Å². The number of pyridine rings is 1. The molecule has 0 saturated carbocycles. The van der Waals surface area contributed by atoms with Crippen LogP contribution in [0.2, 0.25) is 5.02 Å². The highest BCUT2D eigenvalue weighted by molar-refractivity contribution is 6.33. The molecule has 0 atom stereocenters. The Balaban J connectivity index is 1.66. The van der Waals surface area contributed by atoms with Crippen LogP contribution in [0.25, 0.3) is 28.2 Å². The van der Waals surface area contributed by atoms with Gasteiger partial charge in [0.05, 0.1) is 23.3 Å². The van der Waals surface area contributed by atoms with E-state index in [-0.39, 0.29) is 0 Å². The molecule has 0 spiro atoms. The molecule has 0 saturated heterocycles. The molecule has 2 heterocycles. The van der Waals surface area contributed by atoms with Crippen molar-refractivity contribution < 1.29 is 14.6 Å². The second-order valence-corrected chi connectivity index (χ2v) is 6.98. The fourth-order valence-electron chi connectivity index (χ4n) is 3.07. The molecule has 0 unspecified atom stereocenters. The maximum atomic E-state index is 10.8. The van der Waals surface area contributed by atoms with E-state index in [1.54, 1.807) is 31.5 Å². The zero-order valence-corrected chi connectivity index (χ0v) is 17.2. The number of fused-ring (bicyclic) bond motifs is 1. The van der Waals surface area contributed by atoms with E-state index in [4.69, 9.17) is 21.4 Å². The van der Waals surface area contributed by atoms with Gasteiger partial charge in [-0.25, -0.2) is 14.8 Å². The topological polar surface area (TPSA) is 97.2 Å². The van der Waals surface area contributed by atoms with Gasteiger partial charge in [-0.3, -0.25) is 4.98 Å². The van der Waals surface area contributed by atoms with Crippen molar-refractivity contribution in [3.8, 4) is 17.0 Å². The van der Waals surface area contributed by atoms with Crippen molar-refractivity contribution >= 4 is 46.1 Å². The van der Waals surface area contributed by atoms with E-state index < -0.39 is 5.97 Å². The first-order chi connectivity index (χ1) is 15.0. The molecule has 0 radical (unpaired) electrons. The predicted molar refractivity (Wildman–Crippen MR) is 121 cm³/mol.